The Balaban J connectivity index is 2.14. The molecule has 2 aromatic carbocycles. The Morgan fingerprint density at radius 3 is 2.21 bits per heavy atom. The van der Waals surface area contributed by atoms with Crippen LogP contribution in [0.5, 0.6) is 17.2 Å². The quantitative estimate of drug-likeness (QED) is 0.550. The summed E-state index contributed by atoms with van der Waals surface area (Å²) in [5, 5.41) is 0. The molecule has 0 unspecified atom stereocenters. The van der Waals surface area contributed by atoms with Crippen LogP contribution in [0.2, 0.25) is 0 Å². The van der Waals surface area contributed by atoms with Crippen LogP contribution in [0.15, 0.2) is 41.3 Å². The Kier molecular flexibility index (Phi) is 8.51. The first-order valence-electron chi connectivity index (χ1n) is 9.28. The van der Waals surface area contributed by atoms with E-state index in [4.69, 9.17) is 14.2 Å². The van der Waals surface area contributed by atoms with Gasteiger partial charge in [-0.1, -0.05) is 19.1 Å². The van der Waals surface area contributed by atoms with Crippen molar-refractivity contribution in [3.05, 3.63) is 47.5 Å². The van der Waals surface area contributed by atoms with Crippen LogP contribution in [-0.2, 0) is 17.8 Å². The van der Waals surface area contributed by atoms with Gasteiger partial charge < -0.3 is 19.1 Å². The molecule has 0 radical (unpaired) electrons. The molecule has 0 atom stereocenters. The van der Waals surface area contributed by atoms with Crippen molar-refractivity contribution in [2.24, 2.45) is 0 Å². The fraction of sp³-hybridized carbons (Fsp3) is 0.409. The fourth-order valence-corrected chi connectivity index (χ4v) is 3.74. The minimum absolute atomic E-state index is 0.0416. The van der Waals surface area contributed by atoms with Gasteiger partial charge in [0.25, 0.3) is 0 Å². The van der Waals surface area contributed by atoms with Crippen molar-refractivity contribution in [2.45, 2.75) is 31.7 Å². The van der Waals surface area contributed by atoms with Gasteiger partial charge in [-0.05, 0) is 47.6 Å². The van der Waals surface area contributed by atoms with Crippen molar-refractivity contribution < 1.29 is 19.0 Å². The van der Waals surface area contributed by atoms with E-state index in [1.54, 1.807) is 40.0 Å². The molecule has 5 nitrogen and oxygen atoms in total. The second-order valence-corrected chi connectivity index (χ2v) is 7.59. The number of methoxy groups -OCH3 is 3. The Labute approximate surface area is 172 Å². The lowest BCUT2D eigenvalue weighted by Crippen LogP contribution is -2.30. The van der Waals surface area contributed by atoms with E-state index >= 15 is 0 Å². The summed E-state index contributed by atoms with van der Waals surface area (Å²) in [7, 11) is 4.99. The number of nitrogens with zero attached hydrogens (tertiary/aromatic N) is 1. The Morgan fingerprint density at radius 1 is 1.00 bits per heavy atom. The number of benzene rings is 2. The minimum Gasteiger partial charge on any atom is -0.497 e. The minimum atomic E-state index is 0.0416. The molecule has 0 aliphatic heterocycles. The van der Waals surface area contributed by atoms with Gasteiger partial charge in [-0.15, -0.1) is 11.8 Å². The molecule has 0 bridgehead atoms. The number of hydrogen-bond donors (Lipinski definition) is 0. The Bertz CT molecular complexity index is 777. The van der Waals surface area contributed by atoms with E-state index in [1.165, 1.54) is 0 Å². The normalized spacial score (nSPS) is 10.5. The van der Waals surface area contributed by atoms with Crippen molar-refractivity contribution >= 4 is 17.7 Å². The van der Waals surface area contributed by atoms with Crippen molar-refractivity contribution in [1.82, 2.24) is 4.90 Å². The van der Waals surface area contributed by atoms with Crippen LogP contribution in [0.3, 0.4) is 0 Å². The van der Waals surface area contributed by atoms with E-state index in [2.05, 4.69) is 6.92 Å². The largest absolute Gasteiger partial charge is 0.497 e. The average Bonchev–Trinajstić information content (AvgIpc) is 2.71. The summed E-state index contributed by atoms with van der Waals surface area (Å²) < 4.78 is 16.3. The number of ether oxygens (including phenoxy) is 3. The molecule has 0 heterocycles. The third-order valence-electron chi connectivity index (χ3n) is 4.50. The van der Waals surface area contributed by atoms with Gasteiger partial charge in [-0.2, -0.15) is 0 Å². The molecule has 28 heavy (non-hydrogen) atoms. The lowest BCUT2D eigenvalue weighted by atomic mass is 10.1. The third-order valence-corrected chi connectivity index (χ3v) is 5.41. The molecule has 2 aromatic rings. The van der Waals surface area contributed by atoms with Crippen LogP contribution in [0.25, 0.3) is 0 Å². The number of thioether (sulfide) groups is 1. The fourth-order valence-electron chi connectivity index (χ4n) is 2.95. The number of hydrogen-bond acceptors (Lipinski definition) is 5. The molecule has 0 spiro atoms. The number of rotatable bonds is 10. The smallest absolute Gasteiger partial charge is 0.219 e. The summed E-state index contributed by atoms with van der Waals surface area (Å²) in [6.45, 7) is 4.86. The van der Waals surface area contributed by atoms with Crippen molar-refractivity contribution in [3.63, 3.8) is 0 Å². The van der Waals surface area contributed by atoms with Gasteiger partial charge in [-0.25, -0.2) is 0 Å². The first-order valence-corrected chi connectivity index (χ1v) is 10.3. The van der Waals surface area contributed by atoms with Gasteiger partial charge in [0.2, 0.25) is 5.91 Å². The SMILES string of the molecule is CCSc1cc(OC)c(CCN(Cc2ccc(OC)cc2)C(C)=O)cc1OC. The molecule has 0 saturated heterocycles. The monoisotopic (exact) mass is 403 g/mol. The van der Waals surface area contributed by atoms with Gasteiger partial charge in [0.15, 0.2) is 0 Å². The number of carbonyl (C=O) groups excluding carboxylic acids is 1. The summed E-state index contributed by atoms with van der Waals surface area (Å²) in [5.74, 6) is 3.47. The molecule has 152 valence electrons. The molecule has 0 aliphatic carbocycles. The lowest BCUT2D eigenvalue weighted by Gasteiger charge is -2.22. The van der Waals surface area contributed by atoms with E-state index in [-0.39, 0.29) is 5.91 Å². The van der Waals surface area contributed by atoms with Crippen LogP contribution in [-0.4, -0.2) is 44.4 Å². The zero-order valence-corrected chi connectivity index (χ0v) is 18.1. The van der Waals surface area contributed by atoms with Gasteiger partial charge in [0.1, 0.15) is 17.2 Å². The molecular formula is C22H29NO4S. The van der Waals surface area contributed by atoms with Crippen LogP contribution in [0, 0.1) is 0 Å². The van der Waals surface area contributed by atoms with E-state index in [0.29, 0.717) is 19.5 Å². The van der Waals surface area contributed by atoms with Crippen molar-refractivity contribution in [3.8, 4) is 17.2 Å². The van der Waals surface area contributed by atoms with E-state index in [9.17, 15) is 4.79 Å². The summed E-state index contributed by atoms with van der Waals surface area (Å²) in [6, 6.07) is 11.8. The van der Waals surface area contributed by atoms with Gasteiger partial charge in [0, 0.05) is 20.0 Å². The molecule has 2 rings (SSSR count). The molecule has 0 aromatic heterocycles. The summed E-state index contributed by atoms with van der Waals surface area (Å²) in [5.41, 5.74) is 2.09. The van der Waals surface area contributed by atoms with Crippen LogP contribution >= 0.6 is 11.8 Å². The average molecular weight is 404 g/mol. The second-order valence-electron chi connectivity index (χ2n) is 6.29. The maximum atomic E-state index is 12.2. The maximum absolute atomic E-state index is 12.2. The van der Waals surface area contributed by atoms with Gasteiger partial charge in [0.05, 0.1) is 26.2 Å². The topological polar surface area (TPSA) is 48.0 Å². The Hall–Kier alpha value is -2.34. The summed E-state index contributed by atoms with van der Waals surface area (Å²) >= 11 is 1.72. The first kappa shape index (κ1) is 22.0. The molecular weight excluding hydrogens is 374 g/mol. The number of amides is 1. The third kappa shape index (κ3) is 5.83. The first-order chi connectivity index (χ1) is 13.5. The lowest BCUT2D eigenvalue weighted by molar-refractivity contribution is -0.129. The second kappa shape index (κ2) is 10.9. The molecule has 0 saturated carbocycles. The predicted molar refractivity (Wildman–Crippen MR) is 114 cm³/mol. The van der Waals surface area contributed by atoms with E-state index in [0.717, 1.165) is 39.0 Å². The predicted octanol–water partition coefficient (Wildman–Crippen LogP) is 4.42. The zero-order chi connectivity index (χ0) is 20.5. The standard InChI is InChI=1S/C22H29NO4S/c1-6-28-22-14-20(26-4)18(13-21(22)27-5)11-12-23(16(2)24)15-17-7-9-19(25-3)10-8-17/h7-10,13-14H,6,11-12,15H2,1-5H3. The zero-order valence-electron chi connectivity index (χ0n) is 17.3. The van der Waals surface area contributed by atoms with Gasteiger partial charge in [-0.3, -0.25) is 4.79 Å². The molecule has 0 fully saturated rings. The van der Waals surface area contributed by atoms with Crippen LogP contribution < -0.4 is 14.2 Å². The number of carbonyl (C=O) groups is 1. The van der Waals surface area contributed by atoms with Crippen molar-refractivity contribution in [2.75, 3.05) is 33.6 Å². The Morgan fingerprint density at radius 2 is 1.68 bits per heavy atom. The van der Waals surface area contributed by atoms with Crippen LogP contribution in [0.4, 0.5) is 0 Å². The van der Waals surface area contributed by atoms with Gasteiger partial charge >= 0.3 is 0 Å². The highest BCUT2D eigenvalue weighted by molar-refractivity contribution is 7.99. The van der Waals surface area contributed by atoms with Crippen LogP contribution in [0.1, 0.15) is 25.0 Å². The molecule has 0 N–H and O–H groups in total. The summed E-state index contributed by atoms with van der Waals surface area (Å²) in [4.78, 5) is 15.0. The highest BCUT2D eigenvalue weighted by Gasteiger charge is 2.15. The van der Waals surface area contributed by atoms with E-state index < -0.39 is 0 Å². The molecule has 6 heteroatoms. The van der Waals surface area contributed by atoms with Crippen molar-refractivity contribution in [1.29, 1.82) is 0 Å². The molecule has 1 amide bonds. The maximum Gasteiger partial charge on any atom is 0.219 e. The highest BCUT2D eigenvalue weighted by atomic mass is 32.2. The summed E-state index contributed by atoms with van der Waals surface area (Å²) in [6.07, 6.45) is 0.687. The van der Waals surface area contributed by atoms with E-state index in [1.807, 2.05) is 41.3 Å². The molecule has 0 aliphatic rings. The highest BCUT2D eigenvalue weighted by Crippen LogP contribution is 2.35.